The number of allylic oxidation sites excluding steroid dienone is 3. The molecule has 3 aliphatic carbocycles. The molecule has 0 aromatic heterocycles. The summed E-state index contributed by atoms with van der Waals surface area (Å²) in [5.74, 6) is 4.20. The fourth-order valence-electron chi connectivity index (χ4n) is 9.29. The lowest BCUT2D eigenvalue weighted by Gasteiger charge is -2.57. The van der Waals surface area contributed by atoms with Crippen molar-refractivity contribution in [2.24, 2.45) is 56.6 Å². The van der Waals surface area contributed by atoms with Crippen molar-refractivity contribution in [3.63, 3.8) is 0 Å². The molecule has 0 saturated heterocycles. The molecule has 45 heavy (non-hydrogen) atoms. The topological polar surface area (TPSA) is 50.4 Å². The van der Waals surface area contributed by atoms with Gasteiger partial charge in [-0.05, 0) is 118 Å². The molecule has 3 nitrogen and oxygen atoms in total. The number of nitrogens with zero attached hydrogens (tertiary/aromatic N) is 1. The summed E-state index contributed by atoms with van der Waals surface area (Å²) in [6.45, 7) is 35.0. The summed E-state index contributed by atoms with van der Waals surface area (Å²) in [5.41, 5.74) is 10.3. The standard InChI is InChI=1S/C34H59N.C3H8.C2H4.CH4FN.CH5N/c1-10-14-27-16-17-28-30-19-18-29(34(30,9)22-20-31(28)33(27,8)21-11-2)26(5)35-23-13-15-25(4)24-32(6,7)12-3;1-3-2;1-2;1-3-2;1-2/h10,14,25,28-31H,1,11-13,15-24H2,2-9H3;3H2,1-2H3;1-2H2;3H,1H3;2H2,1H3/b27-14-,35-26?;;;;. The van der Waals surface area contributed by atoms with Crippen LogP contribution in [-0.2, 0) is 0 Å². The van der Waals surface area contributed by atoms with Crippen LogP contribution in [0.15, 0.2) is 42.5 Å². The van der Waals surface area contributed by atoms with Gasteiger partial charge < -0.3 is 5.73 Å². The van der Waals surface area contributed by atoms with E-state index >= 15 is 0 Å². The summed E-state index contributed by atoms with van der Waals surface area (Å²) in [4.78, 5) is 5.23. The Bertz CT molecular complexity index is 831. The lowest BCUT2D eigenvalue weighted by Crippen LogP contribution is -2.50. The van der Waals surface area contributed by atoms with Gasteiger partial charge >= 0.3 is 0 Å². The Labute approximate surface area is 282 Å². The molecule has 0 aromatic carbocycles. The van der Waals surface area contributed by atoms with Crippen LogP contribution in [0.1, 0.15) is 153 Å². The molecule has 0 aliphatic heterocycles. The van der Waals surface area contributed by atoms with E-state index < -0.39 is 0 Å². The van der Waals surface area contributed by atoms with Crippen molar-refractivity contribution in [1.29, 1.82) is 0 Å². The molecule has 4 heteroatoms. The number of nitrogens with two attached hydrogens (primary N) is 1. The van der Waals surface area contributed by atoms with Crippen molar-refractivity contribution >= 4 is 5.71 Å². The minimum absolute atomic E-state index is 0.386. The van der Waals surface area contributed by atoms with E-state index in [0.717, 1.165) is 30.2 Å². The Balaban J connectivity index is 0. The average molecular weight is 634 g/mol. The van der Waals surface area contributed by atoms with Crippen molar-refractivity contribution in [3.05, 3.63) is 37.5 Å². The number of hydrogen-bond donors (Lipinski definition) is 2. The Morgan fingerprint density at radius 2 is 1.67 bits per heavy atom. The van der Waals surface area contributed by atoms with Crippen LogP contribution in [0.4, 0.5) is 4.48 Å². The number of rotatable bonds is 11. The number of halogens is 1. The third-order valence-corrected chi connectivity index (χ3v) is 11.4. The second-order valence-electron chi connectivity index (χ2n) is 15.1. The SMILES string of the molecule is C=C.C=C/C=C1/CCC2C(CCC3(C)C(C(C)=NCCCC(C)CC(C)(C)CC)CCC23)C1(C)CCC.CCC.CN.CNF. The summed E-state index contributed by atoms with van der Waals surface area (Å²) in [6.07, 6.45) is 21.8. The summed E-state index contributed by atoms with van der Waals surface area (Å²) in [7, 11) is 2.71. The maximum Gasteiger partial charge on any atom is 0.0388 e. The van der Waals surface area contributed by atoms with Gasteiger partial charge in [-0.3, -0.25) is 4.99 Å². The molecule has 0 amide bonds. The van der Waals surface area contributed by atoms with Gasteiger partial charge in [0.2, 0.25) is 0 Å². The first-order valence-electron chi connectivity index (χ1n) is 18.5. The van der Waals surface area contributed by atoms with Gasteiger partial charge in [-0.1, -0.05) is 106 Å². The fraction of sp³-hybridized carbons (Fsp3) is 0.829. The molecule has 0 bridgehead atoms. The normalized spacial score (nSPS) is 30.4. The maximum atomic E-state index is 10.0. The Kier molecular flexibility index (Phi) is 24.4. The second kappa shape index (κ2) is 24.0. The van der Waals surface area contributed by atoms with Crippen LogP contribution in [0.25, 0.3) is 0 Å². The van der Waals surface area contributed by atoms with Crippen LogP contribution in [0.5, 0.6) is 0 Å². The molecule has 3 saturated carbocycles. The lowest BCUT2D eigenvalue weighted by molar-refractivity contribution is -0.0408. The minimum atomic E-state index is 0.386. The van der Waals surface area contributed by atoms with Crippen molar-refractivity contribution in [2.45, 2.75) is 153 Å². The number of hydrogen-bond acceptors (Lipinski definition) is 3. The van der Waals surface area contributed by atoms with Crippen molar-refractivity contribution < 1.29 is 4.48 Å². The summed E-state index contributed by atoms with van der Waals surface area (Å²) >= 11 is 0. The fourth-order valence-corrected chi connectivity index (χ4v) is 9.29. The average Bonchev–Trinajstić information content (AvgIpc) is 3.37. The van der Waals surface area contributed by atoms with Gasteiger partial charge in [0.15, 0.2) is 0 Å². The van der Waals surface area contributed by atoms with Crippen LogP contribution in [-0.4, -0.2) is 26.4 Å². The number of aliphatic imine (C=N–C) groups is 1. The van der Waals surface area contributed by atoms with Gasteiger partial charge in [0.1, 0.15) is 0 Å². The largest absolute Gasteiger partial charge is 0.333 e. The van der Waals surface area contributed by atoms with Crippen molar-refractivity contribution in [1.82, 2.24) is 5.54 Å². The highest BCUT2D eigenvalue weighted by atomic mass is 19.2. The minimum Gasteiger partial charge on any atom is -0.333 e. The van der Waals surface area contributed by atoms with E-state index in [4.69, 9.17) is 4.99 Å². The highest BCUT2D eigenvalue weighted by molar-refractivity contribution is 5.85. The van der Waals surface area contributed by atoms with Gasteiger partial charge in [-0.15, -0.1) is 17.6 Å². The van der Waals surface area contributed by atoms with Crippen LogP contribution in [0, 0.1) is 45.8 Å². The van der Waals surface area contributed by atoms with Gasteiger partial charge in [0, 0.05) is 25.2 Å². The second-order valence-corrected chi connectivity index (χ2v) is 15.1. The maximum absolute atomic E-state index is 10.0. The van der Waals surface area contributed by atoms with E-state index in [1.807, 2.05) is 6.08 Å². The smallest absolute Gasteiger partial charge is 0.0388 e. The van der Waals surface area contributed by atoms with Crippen LogP contribution >= 0.6 is 0 Å². The van der Waals surface area contributed by atoms with Crippen LogP contribution in [0.3, 0.4) is 0 Å². The van der Waals surface area contributed by atoms with E-state index in [2.05, 4.69) is 101 Å². The predicted octanol–water partition coefficient (Wildman–Crippen LogP) is 12.3. The molecular weight excluding hydrogens is 553 g/mol. The zero-order valence-corrected chi connectivity index (χ0v) is 32.5. The monoisotopic (exact) mass is 634 g/mol. The van der Waals surface area contributed by atoms with Crippen LogP contribution in [0.2, 0.25) is 0 Å². The number of fused-ring (bicyclic) bond motifs is 3. The predicted molar refractivity (Wildman–Crippen MR) is 204 cm³/mol. The molecule has 3 rings (SSSR count). The Hall–Kier alpha value is -1.26. The highest BCUT2D eigenvalue weighted by Gasteiger charge is 2.58. The van der Waals surface area contributed by atoms with Gasteiger partial charge in [-0.25, -0.2) is 0 Å². The third-order valence-electron chi connectivity index (χ3n) is 11.4. The van der Waals surface area contributed by atoms with E-state index in [-0.39, 0.29) is 0 Å². The van der Waals surface area contributed by atoms with E-state index in [1.165, 1.54) is 109 Å². The molecule has 3 aliphatic rings. The van der Waals surface area contributed by atoms with E-state index in [1.54, 1.807) is 5.57 Å². The molecule has 7 unspecified atom stereocenters. The molecule has 0 heterocycles. The molecule has 3 N–H and O–H groups in total. The zero-order chi connectivity index (χ0) is 35.3. The first kappa shape index (κ1) is 45.9. The van der Waals surface area contributed by atoms with Crippen LogP contribution < -0.4 is 11.3 Å². The molecule has 7 atom stereocenters. The molecule has 0 radical (unpaired) electrons. The first-order valence-corrected chi connectivity index (χ1v) is 18.5. The third kappa shape index (κ3) is 13.4. The Morgan fingerprint density at radius 1 is 1.09 bits per heavy atom. The van der Waals surface area contributed by atoms with Crippen molar-refractivity contribution in [2.75, 3.05) is 20.6 Å². The molecule has 3 fully saturated rings. The molecule has 0 spiro atoms. The quantitative estimate of drug-likeness (QED) is 0.103. The molecule has 0 aromatic rings. The summed E-state index contributed by atoms with van der Waals surface area (Å²) in [6, 6.07) is 0. The summed E-state index contributed by atoms with van der Waals surface area (Å²) < 4.78 is 10.0. The van der Waals surface area contributed by atoms with Gasteiger partial charge in [0.25, 0.3) is 0 Å². The Morgan fingerprint density at radius 3 is 2.18 bits per heavy atom. The van der Waals surface area contributed by atoms with E-state index in [0.29, 0.717) is 22.2 Å². The van der Waals surface area contributed by atoms with Crippen molar-refractivity contribution in [3.8, 4) is 0 Å². The molecule has 266 valence electrons. The lowest BCUT2D eigenvalue weighted by atomic mass is 9.47. The number of nitrogens with one attached hydrogen (secondary N) is 1. The van der Waals surface area contributed by atoms with E-state index in [9.17, 15) is 4.48 Å². The first-order chi connectivity index (χ1) is 21.3. The summed E-state index contributed by atoms with van der Waals surface area (Å²) in [5, 5.41) is 0. The van der Waals surface area contributed by atoms with Gasteiger partial charge in [-0.2, -0.15) is 5.54 Å². The molecular formula is C41H80FN3. The zero-order valence-electron chi connectivity index (χ0n) is 32.5. The highest BCUT2D eigenvalue weighted by Crippen LogP contribution is 2.66. The van der Waals surface area contributed by atoms with Gasteiger partial charge in [0.05, 0.1) is 0 Å².